The van der Waals surface area contributed by atoms with Gasteiger partial charge in [0.05, 0.1) is 11.0 Å². The van der Waals surface area contributed by atoms with Crippen molar-refractivity contribution >= 4 is 11.6 Å². The number of amides is 1. The van der Waals surface area contributed by atoms with Crippen molar-refractivity contribution in [2.24, 2.45) is 17.3 Å². The quantitative estimate of drug-likeness (QED) is 0.877. The number of aryl methyl sites for hydroxylation is 2. The number of carbonyl (C=O) groups excluding carboxylic acids is 1. The van der Waals surface area contributed by atoms with E-state index in [-0.39, 0.29) is 11.3 Å². The van der Waals surface area contributed by atoms with Crippen molar-refractivity contribution in [1.82, 2.24) is 0 Å². The summed E-state index contributed by atoms with van der Waals surface area (Å²) >= 11 is 0. The fourth-order valence-electron chi connectivity index (χ4n) is 5.56. The summed E-state index contributed by atoms with van der Waals surface area (Å²) in [6.45, 7) is 4.15. The van der Waals surface area contributed by atoms with E-state index in [0.29, 0.717) is 18.3 Å². The molecule has 22 heavy (non-hydrogen) atoms. The molecule has 4 aliphatic rings. The van der Waals surface area contributed by atoms with E-state index in [9.17, 15) is 9.90 Å². The lowest BCUT2D eigenvalue weighted by atomic mass is 9.47. The lowest BCUT2D eigenvalue weighted by Crippen LogP contribution is -2.59. The van der Waals surface area contributed by atoms with Crippen LogP contribution in [0.25, 0.3) is 0 Å². The summed E-state index contributed by atoms with van der Waals surface area (Å²) in [7, 11) is 0. The second-order valence-electron chi connectivity index (χ2n) is 8.22. The molecule has 4 aliphatic carbocycles. The molecular formula is C19H25NO2. The third-order valence-corrected chi connectivity index (χ3v) is 6.28. The number of hydrogen-bond donors (Lipinski definition) is 2. The number of aliphatic hydroxyl groups is 1. The molecule has 4 fully saturated rings. The van der Waals surface area contributed by atoms with Crippen LogP contribution in [0.2, 0.25) is 0 Å². The number of carbonyl (C=O) groups is 1. The predicted molar refractivity (Wildman–Crippen MR) is 86.6 cm³/mol. The Morgan fingerprint density at radius 2 is 1.82 bits per heavy atom. The molecule has 3 nitrogen and oxygen atoms in total. The Kier molecular flexibility index (Phi) is 2.96. The van der Waals surface area contributed by atoms with Crippen LogP contribution in [-0.2, 0) is 4.79 Å². The monoisotopic (exact) mass is 299 g/mol. The number of benzene rings is 1. The molecule has 2 unspecified atom stereocenters. The second kappa shape index (κ2) is 4.58. The fourth-order valence-corrected chi connectivity index (χ4v) is 5.56. The van der Waals surface area contributed by atoms with Crippen LogP contribution in [0.1, 0.15) is 49.7 Å². The van der Waals surface area contributed by atoms with Gasteiger partial charge in [0.2, 0.25) is 5.91 Å². The van der Waals surface area contributed by atoms with Gasteiger partial charge in [0.15, 0.2) is 0 Å². The first-order valence-corrected chi connectivity index (χ1v) is 8.49. The Labute approximate surface area is 132 Å². The van der Waals surface area contributed by atoms with Gasteiger partial charge in [0, 0.05) is 5.69 Å². The van der Waals surface area contributed by atoms with Gasteiger partial charge >= 0.3 is 0 Å². The maximum Gasteiger partial charge on any atom is 0.230 e. The number of anilines is 1. The zero-order chi connectivity index (χ0) is 15.5. The minimum Gasteiger partial charge on any atom is -0.390 e. The van der Waals surface area contributed by atoms with E-state index in [1.165, 1.54) is 17.5 Å². The van der Waals surface area contributed by atoms with E-state index in [2.05, 4.69) is 25.2 Å². The van der Waals surface area contributed by atoms with Crippen molar-refractivity contribution in [1.29, 1.82) is 0 Å². The van der Waals surface area contributed by atoms with E-state index in [4.69, 9.17) is 0 Å². The van der Waals surface area contributed by atoms with Crippen LogP contribution >= 0.6 is 0 Å². The average molecular weight is 299 g/mol. The average Bonchev–Trinajstić information content (AvgIpc) is 2.40. The largest absolute Gasteiger partial charge is 0.390 e. The third-order valence-electron chi connectivity index (χ3n) is 6.28. The molecule has 2 N–H and O–H groups in total. The summed E-state index contributed by atoms with van der Waals surface area (Å²) in [5.41, 5.74) is 2.40. The van der Waals surface area contributed by atoms with Crippen molar-refractivity contribution in [2.45, 2.75) is 58.0 Å². The Bertz CT molecular complexity index is 622. The Morgan fingerprint density at radius 1 is 1.14 bits per heavy atom. The maximum absolute atomic E-state index is 13.0. The molecule has 4 bridgehead atoms. The summed E-state index contributed by atoms with van der Waals surface area (Å²) in [6, 6.07) is 6.08. The summed E-state index contributed by atoms with van der Waals surface area (Å²) in [5, 5.41) is 13.9. The smallest absolute Gasteiger partial charge is 0.230 e. The lowest BCUT2D eigenvalue weighted by Gasteiger charge is -2.59. The van der Waals surface area contributed by atoms with Crippen LogP contribution < -0.4 is 5.32 Å². The van der Waals surface area contributed by atoms with Gasteiger partial charge in [-0.25, -0.2) is 0 Å². The third kappa shape index (κ3) is 2.18. The van der Waals surface area contributed by atoms with E-state index in [1.807, 2.05) is 12.1 Å². The van der Waals surface area contributed by atoms with E-state index < -0.39 is 5.60 Å². The molecule has 4 saturated carbocycles. The molecule has 0 heterocycles. The fraction of sp³-hybridized carbons (Fsp3) is 0.632. The molecule has 0 aliphatic heterocycles. The van der Waals surface area contributed by atoms with Crippen molar-refractivity contribution < 1.29 is 9.90 Å². The number of nitrogens with one attached hydrogen (secondary N) is 1. The van der Waals surface area contributed by atoms with Crippen LogP contribution in [0.4, 0.5) is 5.69 Å². The van der Waals surface area contributed by atoms with E-state index in [0.717, 1.165) is 31.4 Å². The lowest BCUT2D eigenvalue weighted by molar-refractivity contribution is -0.174. The summed E-state index contributed by atoms with van der Waals surface area (Å²) < 4.78 is 0. The van der Waals surface area contributed by atoms with Crippen molar-refractivity contribution in [3.63, 3.8) is 0 Å². The zero-order valence-corrected chi connectivity index (χ0v) is 13.5. The molecule has 3 heteroatoms. The van der Waals surface area contributed by atoms with Crippen molar-refractivity contribution in [3.05, 3.63) is 29.3 Å². The normalized spacial score (nSPS) is 39.0. The molecule has 0 radical (unpaired) electrons. The summed E-state index contributed by atoms with van der Waals surface area (Å²) in [4.78, 5) is 13.0. The standard InChI is InChI=1S/C19H25NO2/c1-12-3-4-16(5-13(12)2)20-17(21)18-7-14-6-15(8-18)10-19(22,9-14)11-18/h3-5,14-15,22H,6-11H2,1-2H3,(H,20,21)/t14-,15+,18?,19?. The zero-order valence-electron chi connectivity index (χ0n) is 13.5. The first-order chi connectivity index (χ1) is 10.4. The molecule has 1 aromatic rings. The maximum atomic E-state index is 13.0. The molecular weight excluding hydrogens is 274 g/mol. The molecule has 5 rings (SSSR count). The molecule has 118 valence electrons. The molecule has 0 aromatic heterocycles. The Morgan fingerprint density at radius 3 is 2.41 bits per heavy atom. The molecule has 4 atom stereocenters. The van der Waals surface area contributed by atoms with E-state index >= 15 is 0 Å². The number of rotatable bonds is 2. The summed E-state index contributed by atoms with van der Waals surface area (Å²) in [6.07, 6.45) is 5.60. The minimum atomic E-state index is -0.579. The van der Waals surface area contributed by atoms with Gasteiger partial charge in [-0.1, -0.05) is 6.07 Å². The highest BCUT2D eigenvalue weighted by Gasteiger charge is 2.60. The van der Waals surface area contributed by atoms with Gasteiger partial charge in [-0.3, -0.25) is 4.79 Å². The van der Waals surface area contributed by atoms with Crippen LogP contribution in [-0.4, -0.2) is 16.6 Å². The van der Waals surface area contributed by atoms with Crippen LogP contribution in [0.15, 0.2) is 18.2 Å². The first-order valence-electron chi connectivity index (χ1n) is 8.49. The van der Waals surface area contributed by atoms with Crippen LogP contribution in [0.3, 0.4) is 0 Å². The Hall–Kier alpha value is -1.35. The summed E-state index contributed by atoms with van der Waals surface area (Å²) in [5.74, 6) is 1.21. The molecule has 1 aromatic carbocycles. The van der Waals surface area contributed by atoms with Gasteiger partial charge in [-0.15, -0.1) is 0 Å². The first kappa shape index (κ1) is 14.3. The highest BCUT2D eigenvalue weighted by atomic mass is 16.3. The highest BCUT2D eigenvalue weighted by molar-refractivity contribution is 5.95. The highest BCUT2D eigenvalue weighted by Crippen LogP contribution is 2.61. The van der Waals surface area contributed by atoms with Crippen LogP contribution in [0.5, 0.6) is 0 Å². The van der Waals surface area contributed by atoms with Gasteiger partial charge in [0.25, 0.3) is 0 Å². The molecule has 1 amide bonds. The Balaban J connectivity index is 1.58. The number of hydrogen-bond acceptors (Lipinski definition) is 2. The van der Waals surface area contributed by atoms with E-state index in [1.54, 1.807) is 0 Å². The molecule has 0 saturated heterocycles. The van der Waals surface area contributed by atoms with Gasteiger partial charge in [0.1, 0.15) is 0 Å². The van der Waals surface area contributed by atoms with Crippen LogP contribution in [0, 0.1) is 31.1 Å². The van der Waals surface area contributed by atoms with Crippen molar-refractivity contribution in [2.75, 3.05) is 5.32 Å². The second-order valence-corrected chi connectivity index (χ2v) is 8.22. The minimum absolute atomic E-state index is 0.128. The molecule has 0 spiro atoms. The topological polar surface area (TPSA) is 49.3 Å². The van der Waals surface area contributed by atoms with Gasteiger partial charge in [-0.05, 0) is 87.5 Å². The SMILES string of the molecule is Cc1ccc(NC(=O)C23C[C@@H]4C[C@@H](CC(O)(C4)C2)C3)cc1C. The predicted octanol–water partition coefficient (Wildman–Crippen LogP) is 3.57. The van der Waals surface area contributed by atoms with Crippen molar-refractivity contribution in [3.8, 4) is 0 Å². The van der Waals surface area contributed by atoms with Gasteiger partial charge in [-0.2, -0.15) is 0 Å². The van der Waals surface area contributed by atoms with Gasteiger partial charge < -0.3 is 10.4 Å².